The monoisotopic (exact) mass is 304 g/mol. The predicted octanol–water partition coefficient (Wildman–Crippen LogP) is 3.96. The van der Waals surface area contributed by atoms with Crippen molar-refractivity contribution < 1.29 is 4.42 Å². The van der Waals surface area contributed by atoms with Crippen molar-refractivity contribution in [2.75, 3.05) is 13.1 Å². The lowest BCUT2D eigenvalue weighted by Crippen LogP contribution is -2.19. The Morgan fingerprint density at radius 2 is 1.91 bits per heavy atom. The molecule has 3 nitrogen and oxygen atoms in total. The predicted molar refractivity (Wildman–Crippen MR) is 94.1 cm³/mol. The number of hydrogen-bond acceptors (Lipinski definition) is 3. The fourth-order valence-electron chi connectivity index (χ4n) is 3.06. The van der Waals surface area contributed by atoms with E-state index in [0.29, 0.717) is 0 Å². The van der Waals surface area contributed by atoms with Gasteiger partial charge in [0.1, 0.15) is 17.2 Å². The van der Waals surface area contributed by atoms with E-state index in [4.69, 9.17) is 4.42 Å². The maximum absolute atomic E-state index is 6.02. The van der Waals surface area contributed by atoms with Crippen molar-refractivity contribution in [3.05, 3.63) is 71.5 Å². The van der Waals surface area contributed by atoms with Crippen LogP contribution in [-0.4, -0.2) is 18.9 Å². The molecule has 0 aliphatic carbocycles. The van der Waals surface area contributed by atoms with Gasteiger partial charge in [0.05, 0.1) is 6.54 Å². The van der Waals surface area contributed by atoms with Gasteiger partial charge in [-0.25, -0.2) is 0 Å². The Morgan fingerprint density at radius 1 is 1.00 bits per heavy atom. The largest absolute Gasteiger partial charge is 0.461 e. The molecule has 0 unspecified atom stereocenters. The standard InChI is InChI=1S/C20H20N2O/c1-2-5-15(6-3-1)7-4-8-18-13-16-9-10-17(14-19(16)23-18)20-21-11-12-22-20/h1-3,5-6,9-10,13-14H,4,7-8,11-12H2,(H,21,22). The van der Waals surface area contributed by atoms with Crippen LogP contribution in [0.2, 0.25) is 0 Å². The fourth-order valence-corrected chi connectivity index (χ4v) is 3.06. The van der Waals surface area contributed by atoms with E-state index in [1.807, 2.05) is 0 Å². The molecule has 0 saturated carbocycles. The molecule has 2 heterocycles. The highest BCUT2D eigenvalue weighted by molar-refractivity contribution is 6.02. The second kappa shape index (κ2) is 6.29. The first-order chi connectivity index (χ1) is 11.4. The molecule has 1 aromatic heterocycles. The summed E-state index contributed by atoms with van der Waals surface area (Å²) in [5, 5.41) is 4.47. The first-order valence-corrected chi connectivity index (χ1v) is 8.23. The molecule has 1 N–H and O–H groups in total. The summed E-state index contributed by atoms with van der Waals surface area (Å²) in [6, 6.07) is 19.1. The molecule has 116 valence electrons. The van der Waals surface area contributed by atoms with E-state index in [9.17, 15) is 0 Å². The van der Waals surface area contributed by atoms with E-state index >= 15 is 0 Å². The molecule has 0 atom stereocenters. The number of fused-ring (bicyclic) bond motifs is 1. The lowest BCUT2D eigenvalue weighted by atomic mass is 10.1. The average Bonchev–Trinajstić information content (AvgIpc) is 3.24. The summed E-state index contributed by atoms with van der Waals surface area (Å²) in [5.41, 5.74) is 3.45. The number of nitrogens with zero attached hydrogens (tertiary/aromatic N) is 1. The molecule has 0 spiro atoms. The smallest absolute Gasteiger partial charge is 0.135 e. The van der Waals surface area contributed by atoms with E-state index in [2.05, 4.69) is 64.9 Å². The third-order valence-electron chi connectivity index (χ3n) is 4.25. The number of aryl methyl sites for hydroxylation is 2. The van der Waals surface area contributed by atoms with Gasteiger partial charge in [0.15, 0.2) is 0 Å². The fraction of sp³-hybridized carbons (Fsp3) is 0.250. The zero-order chi connectivity index (χ0) is 15.5. The molecule has 0 saturated heterocycles. The summed E-state index contributed by atoms with van der Waals surface area (Å²) in [5.74, 6) is 2.04. The number of furan rings is 1. The van der Waals surface area contributed by atoms with Gasteiger partial charge in [-0.15, -0.1) is 0 Å². The quantitative estimate of drug-likeness (QED) is 0.775. The molecule has 1 aliphatic rings. The number of aliphatic imine (C=N–C) groups is 1. The molecule has 3 heteroatoms. The van der Waals surface area contributed by atoms with Crippen LogP contribution >= 0.6 is 0 Å². The van der Waals surface area contributed by atoms with Crippen molar-refractivity contribution in [1.29, 1.82) is 0 Å². The van der Waals surface area contributed by atoms with Crippen molar-refractivity contribution in [3.63, 3.8) is 0 Å². The van der Waals surface area contributed by atoms with Crippen molar-refractivity contribution >= 4 is 16.8 Å². The maximum Gasteiger partial charge on any atom is 0.135 e. The summed E-state index contributed by atoms with van der Waals surface area (Å²) < 4.78 is 6.02. The van der Waals surface area contributed by atoms with Crippen LogP contribution in [0.3, 0.4) is 0 Å². The minimum absolute atomic E-state index is 0.857. The van der Waals surface area contributed by atoms with Gasteiger partial charge in [-0.3, -0.25) is 4.99 Å². The van der Waals surface area contributed by atoms with Gasteiger partial charge in [0.25, 0.3) is 0 Å². The summed E-state index contributed by atoms with van der Waals surface area (Å²) in [6.45, 7) is 1.78. The SMILES string of the molecule is c1ccc(CCCc2cc3ccc(C4=NCCN4)cc3o2)cc1. The third-order valence-corrected chi connectivity index (χ3v) is 4.25. The lowest BCUT2D eigenvalue weighted by molar-refractivity contribution is 0.538. The third kappa shape index (κ3) is 3.14. The highest BCUT2D eigenvalue weighted by Gasteiger charge is 2.10. The van der Waals surface area contributed by atoms with E-state index in [-0.39, 0.29) is 0 Å². The number of benzene rings is 2. The number of hydrogen-bond donors (Lipinski definition) is 1. The van der Waals surface area contributed by atoms with Gasteiger partial charge in [0, 0.05) is 23.9 Å². The maximum atomic E-state index is 6.02. The Balaban J connectivity index is 1.46. The van der Waals surface area contributed by atoms with Gasteiger partial charge in [0.2, 0.25) is 0 Å². The van der Waals surface area contributed by atoms with Crippen molar-refractivity contribution in [1.82, 2.24) is 5.32 Å². The summed E-state index contributed by atoms with van der Waals surface area (Å²) >= 11 is 0. The van der Waals surface area contributed by atoms with Crippen molar-refractivity contribution in [2.45, 2.75) is 19.3 Å². The normalized spacial score (nSPS) is 14.0. The second-order valence-electron chi connectivity index (χ2n) is 5.96. The molecule has 2 aromatic carbocycles. The Morgan fingerprint density at radius 3 is 2.74 bits per heavy atom. The molecule has 1 aliphatic heterocycles. The minimum atomic E-state index is 0.857. The van der Waals surface area contributed by atoms with E-state index in [1.54, 1.807) is 0 Å². The molecule has 0 radical (unpaired) electrons. The summed E-state index contributed by atoms with van der Waals surface area (Å²) in [4.78, 5) is 4.47. The Hall–Kier alpha value is -2.55. The summed E-state index contributed by atoms with van der Waals surface area (Å²) in [7, 11) is 0. The highest BCUT2D eigenvalue weighted by atomic mass is 16.3. The Bertz CT molecular complexity index is 833. The zero-order valence-corrected chi connectivity index (χ0v) is 13.1. The molecule has 23 heavy (non-hydrogen) atoms. The van der Waals surface area contributed by atoms with Gasteiger partial charge in [-0.1, -0.05) is 42.5 Å². The number of rotatable bonds is 5. The molecule has 0 bridgehead atoms. The number of amidine groups is 1. The molecular weight excluding hydrogens is 284 g/mol. The van der Waals surface area contributed by atoms with Gasteiger partial charge in [-0.2, -0.15) is 0 Å². The molecule has 3 aromatic rings. The van der Waals surface area contributed by atoms with Crippen molar-refractivity contribution in [2.24, 2.45) is 4.99 Å². The lowest BCUT2D eigenvalue weighted by Gasteiger charge is -2.01. The molecule has 4 rings (SSSR count). The van der Waals surface area contributed by atoms with Crippen LogP contribution in [0.15, 0.2) is 64.0 Å². The first kappa shape index (κ1) is 14.1. The topological polar surface area (TPSA) is 37.5 Å². The van der Waals surface area contributed by atoms with Gasteiger partial charge < -0.3 is 9.73 Å². The molecule has 0 fully saturated rings. The molecular formula is C20H20N2O. The van der Waals surface area contributed by atoms with Crippen LogP contribution < -0.4 is 5.32 Å². The zero-order valence-electron chi connectivity index (χ0n) is 13.1. The first-order valence-electron chi connectivity index (χ1n) is 8.23. The van der Waals surface area contributed by atoms with E-state index in [0.717, 1.165) is 55.1 Å². The highest BCUT2D eigenvalue weighted by Crippen LogP contribution is 2.22. The van der Waals surface area contributed by atoms with Gasteiger partial charge >= 0.3 is 0 Å². The van der Waals surface area contributed by atoms with Crippen LogP contribution in [0.25, 0.3) is 11.0 Å². The van der Waals surface area contributed by atoms with Crippen molar-refractivity contribution in [3.8, 4) is 0 Å². The van der Waals surface area contributed by atoms with E-state index < -0.39 is 0 Å². The van der Waals surface area contributed by atoms with Crippen LogP contribution in [0.5, 0.6) is 0 Å². The van der Waals surface area contributed by atoms with Crippen LogP contribution in [0.1, 0.15) is 23.3 Å². The number of nitrogens with one attached hydrogen (secondary N) is 1. The molecule has 0 amide bonds. The minimum Gasteiger partial charge on any atom is -0.461 e. The van der Waals surface area contributed by atoms with Crippen LogP contribution in [-0.2, 0) is 12.8 Å². The van der Waals surface area contributed by atoms with Gasteiger partial charge in [-0.05, 0) is 30.5 Å². The Kier molecular flexibility index (Phi) is 3.85. The average molecular weight is 304 g/mol. The van der Waals surface area contributed by atoms with Crippen LogP contribution in [0, 0.1) is 0 Å². The Labute approximate surface area is 136 Å². The van der Waals surface area contributed by atoms with Crippen LogP contribution in [0.4, 0.5) is 0 Å². The summed E-state index contributed by atoms with van der Waals surface area (Å²) in [6.07, 6.45) is 3.16. The second-order valence-corrected chi connectivity index (χ2v) is 5.96. The van der Waals surface area contributed by atoms with E-state index in [1.165, 1.54) is 10.9 Å².